The van der Waals surface area contributed by atoms with E-state index in [0.717, 1.165) is 0 Å². The second-order valence-corrected chi connectivity index (χ2v) is 3.79. The highest BCUT2D eigenvalue weighted by molar-refractivity contribution is 6.32. The summed E-state index contributed by atoms with van der Waals surface area (Å²) in [6.07, 6.45) is 1.54. The number of rotatable bonds is 2. The van der Waals surface area contributed by atoms with Crippen molar-refractivity contribution >= 4 is 17.6 Å². The lowest BCUT2D eigenvalue weighted by Gasteiger charge is -2.02. The summed E-state index contributed by atoms with van der Waals surface area (Å²) >= 11 is 5.95. The standard InChI is InChI=1S/C11H10ClN3O2/c1-7-9(10(12)15(2)14-7)11(16)17-8-5-3-4-6-13-8/h3-6H,1-2H3. The van der Waals surface area contributed by atoms with Gasteiger partial charge in [0.1, 0.15) is 10.7 Å². The van der Waals surface area contributed by atoms with Crippen LogP contribution in [0.25, 0.3) is 0 Å². The molecular weight excluding hydrogens is 242 g/mol. The SMILES string of the molecule is Cc1nn(C)c(Cl)c1C(=O)Oc1ccccn1. The molecule has 0 radical (unpaired) electrons. The molecule has 6 heteroatoms. The fourth-order valence-electron chi connectivity index (χ4n) is 1.42. The van der Waals surface area contributed by atoms with Crippen LogP contribution >= 0.6 is 11.6 Å². The van der Waals surface area contributed by atoms with Crippen LogP contribution in [0.2, 0.25) is 5.15 Å². The maximum Gasteiger partial charge on any atom is 0.349 e. The summed E-state index contributed by atoms with van der Waals surface area (Å²) in [5, 5.41) is 4.29. The first-order chi connectivity index (χ1) is 8.09. The summed E-state index contributed by atoms with van der Waals surface area (Å²) in [5.41, 5.74) is 0.790. The summed E-state index contributed by atoms with van der Waals surface area (Å²) in [7, 11) is 1.66. The molecular formula is C11H10ClN3O2. The van der Waals surface area contributed by atoms with Gasteiger partial charge in [0.15, 0.2) is 0 Å². The zero-order valence-electron chi connectivity index (χ0n) is 9.35. The van der Waals surface area contributed by atoms with E-state index in [0.29, 0.717) is 5.69 Å². The highest BCUT2D eigenvalue weighted by Gasteiger charge is 2.21. The number of nitrogens with zero attached hydrogens (tertiary/aromatic N) is 3. The lowest BCUT2D eigenvalue weighted by atomic mass is 10.3. The van der Waals surface area contributed by atoms with Crippen molar-refractivity contribution < 1.29 is 9.53 Å². The second kappa shape index (κ2) is 4.55. The van der Waals surface area contributed by atoms with E-state index in [1.807, 2.05) is 0 Å². The zero-order chi connectivity index (χ0) is 12.4. The van der Waals surface area contributed by atoms with Crippen LogP contribution in [-0.4, -0.2) is 20.7 Å². The molecule has 0 atom stereocenters. The maximum absolute atomic E-state index is 11.9. The number of aryl methyl sites for hydroxylation is 2. The van der Waals surface area contributed by atoms with Gasteiger partial charge in [-0.3, -0.25) is 4.68 Å². The average molecular weight is 252 g/mol. The average Bonchev–Trinajstić information content (AvgIpc) is 2.54. The predicted molar refractivity (Wildman–Crippen MR) is 62.2 cm³/mol. The monoisotopic (exact) mass is 251 g/mol. The third kappa shape index (κ3) is 2.29. The Morgan fingerprint density at radius 2 is 2.24 bits per heavy atom. The molecule has 0 saturated heterocycles. The summed E-state index contributed by atoms with van der Waals surface area (Å²) < 4.78 is 6.51. The van der Waals surface area contributed by atoms with Gasteiger partial charge in [0.05, 0.1) is 5.69 Å². The largest absolute Gasteiger partial charge is 0.404 e. The number of esters is 1. The Bertz CT molecular complexity index is 551. The fourth-order valence-corrected chi connectivity index (χ4v) is 1.67. The molecule has 0 spiro atoms. The maximum atomic E-state index is 11.9. The van der Waals surface area contributed by atoms with E-state index >= 15 is 0 Å². The van der Waals surface area contributed by atoms with Crippen LogP contribution in [0.1, 0.15) is 16.1 Å². The molecule has 2 heterocycles. The van der Waals surface area contributed by atoms with Crippen molar-refractivity contribution in [2.45, 2.75) is 6.92 Å². The third-order valence-electron chi connectivity index (χ3n) is 2.19. The van der Waals surface area contributed by atoms with E-state index in [2.05, 4.69) is 10.1 Å². The van der Waals surface area contributed by atoms with Gasteiger partial charge in [-0.1, -0.05) is 17.7 Å². The van der Waals surface area contributed by atoms with Crippen LogP contribution in [0.15, 0.2) is 24.4 Å². The van der Waals surface area contributed by atoms with E-state index in [9.17, 15) is 4.79 Å². The highest BCUT2D eigenvalue weighted by atomic mass is 35.5. The lowest BCUT2D eigenvalue weighted by Crippen LogP contribution is -2.10. The van der Waals surface area contributed by atoms with Gasteiger partial charge < -0.3 is 4.74 Å². The smallest absolute Gasteiger partial charge is 0.349 e. The molecule has 2 rings (SSSR count). The van der Waals surface area contributed by atoms with E-state index in [-0.39, 0.29) is 16.6 Å². The molecule has 0 fully saturated rings. The Morgan fingerprint density at radius 1 is 1.47 bits per heavy atom. The van der Waals surface area contributed by atoms with Gasteiger partial charge in [-0.25, -0.2) is 9.78 Å². The molecule has 0 aliphatic rings. The normalized spacial score (nSPS) is 10.3. The van der Waals surface area contributed by atoms with Crippen molar-refractivity contribution in [3.05, 3.63) is 40.8 Å². The molecule has 0 unspecified atom stereocenters. The van der Waals surface area contributed by atoms with E-state index in [1.165, 1.54) is 4.68 Å². The van der Waals surface area contributed by atoms with Gasteiger partial charge in [-0.05, 0) is 13.0 Å². The molecule has 2 aromatic rings. The molecule has 2 aromatic heterocycles. The highest BCUT2D eigenvalue weighted by Crippen LogP contribution is 2.20. The molecule has 0 saturated carbocycles. The van der Waals surface area contributed by atoms with Crippen molar-refractivity contribution in [1.82, 2.24) is 14.8 Å². The number of hydrogen-bond donors (Lipinski definition) is 0. The van der Waals surface area contributed by atoms with Crippen molar-refractivity contribution in [2.24, 2.45) is 7.05 Å². The van der Waals surface area contributed by atoms with E-state index < -0.39 is 5.97 Å². The van der Waals surface area contributed by atoms with Gasteiger partial charge in [0.2, 0.25) is 5.88 Å². The number of aromatic nitrogens is 3. The third-order valence-corrected chi connectivity index (χ3v) is 2.62. The van der Waals surface area contributed by atoms with E-state index in [4.69, 9.17) is 16.3 Å². The first kappa shape index (κ1) is 11.6. The van der Waals surface area contributed by atoms with Crippen molar-refractivity contribution in [3.63, 3.8) is 0 Å². The molecule has 17 heavy (non-hydrogen) atoms. The number of hydrogen-bond acceptors (Lipinski definition) is 4. The first-order valence-corrected chi connectivity index (χ1v) is 5.29. The Kier molecular flexibility index (Phi) is 3.10. The van der Waals surface area contributed by atoms with Gasteiger partial charge in [0, 0.05) is 19.3 Å². The number of halogens is 1. The predicted octanol–water partition coefficient (Wildman–Crippen LogP) is 2.00. The molecule has 0 aromatic carbocycles. The number of carbonyl (C=O) groups is 1. The van der Waals surface area contributed by atoms with Gasteiger partial charge in [-0.2, -0.15) is 5.10 Å². The number of ether oxygens (including phenoxy) is 1. The molecule has 88 valence electrons. The summed E-state index contributed by atoms with van der Waals surface area (Å²) in [4.78, 5) is 15.8. The van der Waals surface area contributed by atoms with Crippen molar-refractivity contribution in [2.75, 3.05) is 0 Å². The van der Waals surface area contributed by atoms with Crippen LogP contribution in [0, 0.1) is 6.92 Å². The lowest BCUT2D eigenvalue weighted by molar-refractivity contribution is 0.0727. The molecule has 0 bridgehead atoms. The van der Waals surface area contributed by atoms with Crippen LogP contribution in [0.4, 0.5) is 0 Å². The fraction of sp³-hybridized carbons (Fsp3) is 0.182. The summed E-state index contributed by atoms with van der Waals surface area (Å²) in [6.45, 7) is 1.70. The van der Waals surface area contributed by atoms with Gasteiger partial charge in [-0.15, -0.1) is 0 Å². The quantitative estimate of drug-likeness (QED) is 0.766. The summed E-state index contributed by atoms with van der Waals surface area (Å²) in [5.74, 6) is -0.323. The summed E-state index contributed by atoms with van der Waals surface area (Å²) in [6, 6.07) is 5.06. The zero-order valence-corrected chi connectivity index (χ0v) is 10.1. The number of carbonyl (C=O) groups excluding carboxylic acids is 1. The van der Waals surface area contributed by atoms with Crippen LogP contribution < -0.4 is 4.74 Å². The van der Waals surface area contributed by atoms with Crippen molar-refractivity contribution in [3.8, 4) is 5.88 Å². The minimum atomic E-state index is -0.556. The van der Waals surface area contributed by atoms with Gasteiger partial charge >= 0.3 is 5.97 Å². The molecule has 0 amide bonds. The molecule has 0 aliphatic carbocycles. The van der Waals surface area contributed by atoms with E-state index in [1.54, 1.807) is 38.4 Å². The Balaban J connectivity index is 2.27. The Labute approximate surface area is 103 Å². The minimum Gasteiger partial charge on any atom is -0.404 e. The molecule has 0 aliphatic heterocycles. The van der Waals surface area contributed by atoms with Gasteiger partial charge in [0.25, 0.3) is 0 Å². The Hall–Kier alpha value is -1.88. The van der Waals surface area contributed by atoms with Crippen molar-refractivity contribution in [1.29, 1.82) is 0 Å². The number of pyridine rings is 1. The van der Waals surface area contributed by atoms with Crippen LogP contribution in [0.5, 0.6) is 5.88 Å². The van der Waals surface area contributed by atoms with Crippen LogP contribution in [-0.2, 0) is 7.05 Å². The Morgan fingerprint density at radius 3 is 2.76 bits per heavy atom. The second-order valence-electron chi connectivity index (χ2n) is 3.43. The minimum absolute atomic E-state index is 0.233. The topological polar surface area (TPSA) is 57.0 Å². The molecule has 0 N–H and O–H groups in total. The first-order valence-electron chi connectivity index (χ1n) is 4.92. The molecule has 5 nitrogen and oxygen atoms in total. The van der Waals surface area contributed by atoms with Crippen LogP contribution in [0.3, 0.4) is 0 Å².